The minimum Gasteiger partial charge on any atom is -0.349 e. The van der Waals surface area contributed by atoms with Gasteiger partial charge in [-0.2, -0.15) is 0 Å². The molecule has 4 heteroatoms. The largest absolute Gasteiger partial charge is 0.349 e. The number of carbonyl (C=O) groups is 1. The molecule has 1 atom stereocenters. The summed E-state index contributed by atoms with van der Waals surface area (Å²) in [4.78, 5) is 18.8. The maximum Gasteiger partial charge on any atom is 0.234 e. The number of pyridine rings is 1. The number of benzene rings is 1. The number of nitrogens with zero attached hydrogens (tertiary/aromatic N) is 2. The molecule has 4 nitrogen and oxygen atoms in total. The molecule has 126 valence electrons. The molecule has 0 radical (unpaired) electrons. The van der Waals surface area contributed by atoms with Gasteiger partial charge in [0.05, 0.1) is 18.8 Å². The highest BCUT2D eigenvalue weighted by Gasteiger charge is 2.26. The maximum atomic E-state index is 12.2. The van der Waals surface area contributed by atoms with Crippen LogP contribution in [0, 0.1) is 6.92 Å². The average Bonchev–Trinajstić information content (AvgIpc) is 3.03. The molecule has 0 bridgehead atoms. The van der Waals surface area contributed by atoms with E-state index in [1.54, 1.807) is 6.20 Å². The topological polar surface area (TPSA) is 45.2 Å². The Kier molecular flexibility index (Phi) is 5.59. The molecule has 1 aliphatic rings. The van der Waals surface area contributed by atoms with Crippen LogP contribution in [0.15, 0.2) is 48.7 Å². The number of hydrogen-bond acceptors (Lipinski definition) is 3. The number of amides is 1. The second-order valence-electron chi connectivity index (χ2n) is 6.55. The van der Waals surface area contributed by atoms with Gasteiger partial charge in [0.1, 0.15) is 0 Å². The number of likely N-dealkylation sites (tertiary alicyclic amines) is 1. The van der Waals surface area contributed by atoms with Gasteiger partial charge in [-0.25, -0.2) is 0 Å². The number of aryl methyl sites for hydroxylation is 1. The Balaban J connectivity index is 1.50. The van der Waals surface area contributed by atoms with Crippen LogP contribution in [0.3, 0.4) is 0 Å². The first-order valence-electron chi connectivity index (χ1n) is 8.67. The summed E-state index contributed by atoms with van der Waals surface area (Å²) in [6.07, 6.45) is 5.11. The van der Waals surface area contributed by atoms with Crippen LogP contribution in [0.25, 0.3) is 0 Å². The molecule has 0 unspecified atom stereocenters. The molecule has 2 aromatic rings. The van der Waals surface area contributed by atoms with Crippen LogP contribution >= 0.6 is 0 Å². The minimum atomic E-state index is 0.0801. The van der Waals surface area contributed by atoms with Crippen molar-refractivity contribution >= 4 is 5.91 Å². The van der Waals surface area contributed by atoms with E-state index in [-0.39, 0.29) is 5.91 Å². The van der Waals surface area contributed by atoms with Gasteiger partial charge in [0, 0.05) is 12.2 Å². The number of aromatic nitrogens is 1. The van der Waals surface area contributed by atoms with E-state index in [2.05, 4.69) is 46.4 Å². The Morgan fingerprint density at radius 3 is 2.83 bits per heavy atom. The standard InChI is InChI=1S/C20H25N3O/c1-16-7-9-17(10-8-16)13-19-6-4-12-23(19)15-20(24)22-14-18-5-2-3-11-21-18/h2-3,5,7-11,19H,4,6,12-15H2,1H3,(H,22,24)/t19-/m1/s1. The first-order valence-corrected chi connectivity index (χ1v) is 8.67. The molecule has 1 N–H and O–H groups in total. The van der Waals surface area contributed by atoms with Crippen LogP contribution in [0.5, 0.6) is 0 Å². The Bertz CT molecular complexity index is 654. The van der Waals surface area contributed by atoms with Crippen LogP contribution in [0.4, 0.5) is 0 Å². The van der Waals surface area contributed by atoms with Crippen LogP contribution in [0.1, 0.15) is 29.7 Å². The van der Waals surface area contributed by atoms with E-state index in [1.807, 2.05) is 18.2 Å². The summed E-state index contributed by atoms with van der Waals surface area (Å²) in [5.41, 5.74) is 3.53. The third-order valence-electron chi connectivity index (χ3n) is 4.63. The second-order valence-corrected chi connectivity index (χ2v) is 6.55. The lowest BCUT2D eigenvalue weighted by Gasteiger charge is -2.24. The summed E-state index contributed by atoms with van der Waals surface area (Å²) in [7, 11) is 0. The predicted octanol–water partition coefficient (Wildman–Crippen LogP) is 2.71. The van der Waals surface area contributed by atoms with Crippen LogP contribution in [0.2, 0.25) is 0 Å². The summed E-state index contributed by atoms with van der Waals surface area (Å²) >= 11 is 0. The van der Waals surface area contributed by atoms with Crippen molar-refractivity contribution in [3.05, 3.63) is 65.5 Å². The van der Waals surface area contributed by atoms with Crippen molar-refractivity contribution in [2.45, 2.75) is 38.8 Å². The third kappa shape index (κ3) is 4.65. The zero-order valence-electron chi connectivity index (χ0n) is 14.2. The van der Waals surface area contributed by atoms with Crippen molar-refractivity contribution < 1.29 is 4.79 Å². The lowest BCUT2D eigenvalue weighted by molar-refractivity contribution is -0.122. The highest BCUT2D eigenvalue weighted by Crippen LogP contribution is 2.21. The van der Waals surface area contributed by atoms with Gasteiger partial charge in [-0.3, -0.25) is 14.7 Å². The Hall–Kier alpha value is -2.20. The molecule has 1 fully saturated rings. The number of hydrogen-bond donors (Lipinski definition) is 1. The second kappa shape index (κ2) is 8.06. The quantitative estimate of drug-likeness (QED) is 0.889. The maximum absolute atomic E-state index is 12.2. The van der Waals surface area contributed by atoms with Crippen molar-refractivity contribution in [3.63, 3.8) is 0 Å². The highest BCUT2D eigenvalue weighted by atomic mass is 16.2. The predicted molar refractivity (Wildman–Crippen MR) is 95.6 cm³/mol. The summed E-state index contributed by atoms with van der Waals surface area (Å²) in [6.45, 7) is 4.09. The van der Waals surface area contributed by atoms with Gasteiger partial charge in [0.15, 0.2) is 0 Å². The molecule has 1 saturated heterocycles. The molecule has 0 spiro atoms. The summed E-state index contributed by atoms with van der Waals surface area (Å²) < 4.78 is 0. The van der Waals surface area contributed by atoms with E-state index in [4.69, 9.17) is 0 Å². The van der Waals surface area contributed by atoms with Gasteiger partial charge in [0.2, 0.25) is 5.91 Å². The van der Waals surface area contributed by atoms with Crippen LogP contribution < -0.4 is 5.32 Å². The van der Waals surface area contributed by atoms with E-state index in [1.165, 1.54) is 24.0 Å². The monoisotopic (exact) mass is 323 g/mol. The van der Waals surface area contributed by atoms with Crippen molar-refractivity contribution in [3.8, 4) is 0 Å². The highest BCUT2D eigenvalue weighted by molar-refractivity contribution is 5.78. The summed E-state index contributed by atoms with van der Waals surface area (Å²) in [5, 5.41) is 2.97. The zero-order valence-corrected chi connectivity index (χ0v) is 14.2. The average molecular weight is 323 g/mol. The summed E-state index contributed by atoms with van der Waals surface area (Å²) in [6, 6.07) is 14.9. The smallest absolute Gasteiger partial charge is 0.234 e. The van der Waals surface area contributed by atoms with E-state index in [0.29, 0.717) is 19.1 Å². The van der Waals surface area contributed by atoms with Gasteiger partial charge in [-0.05, 0) is 50.4 Å². The molecule has 1 aromatic heterocycles. The Morgan fingerprint density at radius 1 is 1.25 bits per heavy atom. The molecular formula is C20H25N3O. The van der Waals surface area contributed by atoms with Gasteiger partial charge in [0.25, 0.3) is 0 Å². The molecular weight excluding hydrogens is 298 g/mol. The lowest BCUT2D eigenvalue weighted by atomic mass is 10.0. The van der Waals surface area contributed by atoms with Crippen molar-refractivity contribution in [1.82, 2.24) is 15.2 Å². The van der Waals surface area contributed by atoms with Gasteiger partial charge < -0.3 is 5.32 Å². The van der Waals surface area contributed by atoms with E-state index < -0.39 is 0 Å². The van der Waals surface area contributed by atoms with Gasteiger partial charge in [-0.15, -0.1) is 0 Å². The Labute approximate surface area is 143 Å². The van der Waals surface area contributed by atoms with E-state index in [0.717, 1.165) is 18.7 Å². The molecule has 3 rings (SSSR count). The molecule has 1 amide bonds. The fraction of sp³-hybridized carbons (Fsp3) is 0.400. The van der Waals surface area contributed by atoms with Gasteiger partial charge >= 0.3 is 0 Å². The SMILES string of the molecule is Cc1ccc(C[C@H]2CCCN2CC(=O)NCc2ccccn2)cc1. The normalized spacial score (nSPS) is 17.8. The third-order valence-corrected chi connectivity index (χ3v) is 4.63. The molecule has 2 heterocycles. The van der Waals surface area contributed by atoms with Crippen LogP contribution in [-0.2, 0) is 17.8 Å². The lowest BCUT2D eigenvalue weighted by Crippen LogP contribution is -2.40. The van der Waals surface area contributed by atoms with E-state index in [9.17, 15) is 4.79 Å². The van der Waals surface area contributed by atoms with Crippen molar-refractivity contribution in [2.75, 3.05) is 13.1 Å². The van der Waals surface area contributed by atoms with Crippen molar-refractivity contribution in [1.29, 1.82) is 0 Å². The number of rotatable bonds is 6. The first kappa shape index (κ1) is 16.7. The Morgan fingerprint density at radius 2 is 2.08 bits per heavy atom. The molecule has 0 saturated carbocycles. The van der Waals surface area contributed by atoms with Crippen LogP contribution in [-0.4, -0.2) is 34.9 Å². The molecule has 24 heavy (non-hydrogen) atoms. The molecule has 1 aliphatic heterocycles. The molecule has 1 aromatic carbocycles. The molecule has 0 aliphatic carbocycles. The van der Waals surface area contributed by atoms with Crippen molar-refractivity contribution in [2.24, 2.45) is 0 Å². The fourth-order valence-corrected chi connectivity index (χ4v) is 3.26. The first-order chi connectivity index (χ1) is 11.7. The minimum absolute atomic E-state index is 0.0801. The fourth-order valence-electron chi connectivity index (χ4n) is 3.26. The van der Waals surface area contributed by atoms with Gasteiger partial charge in [-0.1, -0.05) is 35.9 Å². The number of carbonyl (C=O) groups excluding carboxylic acids is 1. The number of nitrogens with one attached hydrogen (secondary N) is 1. The van der Waals surface area contributed by atoms with E-state index >= 15 is 0 Å². The summed E-state index contributed by atoms with van der Waals surface area (Å²) in [5.74, 6) is 0.0801. The zero-order chi connectivity index (χ0) is 16.8.